The molecule has 0 aliphatic carbocycles. The highest BCUT2D eigenvalue weighted by atomic mass is 16.5. The second-order valence-corrected chi connectivity index (χ2v) is 5.73. The van der Waals surface area contributed by atoms with Crippen molar-refractivity contribution in [1.29, 1.82) is 0 Å². The van der Waals surface area contributed by atoms with Crippen molar-refractivity contribution in [3.05, 3.63) is 60.4 Å². The van der Waals surface area contributed by atoms with Crippen molar-refractivity contribution < 1.29 is 9.53 Å². The number of hydrogen-bond donors (Lipinski definition) is 1. The number of rotatable bonds is 5. The molecule has 2 heterocycles. The van der Waals surface area contributed by atoms with Gasteiger partial charge in [0.25, 0.3) is 5.91 Å². The molecule has 3 aromatic rings. The molecule has 128 valence electrons. The van der Waals surface area contributed by atoms with E-state index in [1.54, 1.807) is 36.3 Å². The van der Waals surface area contributed by atoms with Crippen LogP contribution in [0.2, 0.25) is 0 Å². The Morgan fingerprint density at radius 2 is 2.04 bits per heavy atom. The summed E-state index contributed by atoms with van der Waals surface area (Å²) >= 11 is 0. The monoisotopic (exact) mass is 337 g/mol. The van der Waals surface area contributed by atoms with Crippen LogP contribution in [0.5, 0.6) is 5.75 Å². The molecule has 7 heteroatoms. The summed E-state index contributed by atoms with van der Waals surface area (Å²) in [6.45, 7) is 5.73. The first-order valence-corrected chi connectivity index (χ1v) is 7.88. The topological polar surface area (TPSA) is 81.9 Å². The van der Waals surface area contributed by atoms with E-state index in [2.05, 4.69) is 20.3 Å². The van der Waals surface area contributed by atoms with Gasteiger partial charge in [0, 0.05) is 18.5 Å². The number of anilines is 1. The molecule has 25 heavy (non-hydrogen) atoms. The molecule has 0 radical (unpaired) electrons. The minimum absolute atomic E-state index is 0.284. The van der Waals surface area contributed by atoms with Crippen molar-refractivity contribution >= 4 is 11.7 Å². The number of hydrogen-bond acceptors (Lipinski definition) is 5. The van der Waals surface area contributed by atoms with E-state index in [1.165, 1.54) is 11.9 Å². The Labute approximate surface area is 145 Å². The van der Waals surface area contributed by atoms with E-state index >= 15 is 0 Å². The lowest BCUT2D eigenvalue weighted by molar-refractivity contribution is -0.122. The lowest BCUT2D eigenvalue weighted by Crippen LogP contribution is -2.30. The summed E-state index contributed by atoms with van der Waals surface area (Å²) in [5.74, 6) is 1.39. The van der Waals surface area contributed by atoms with Crippen LogP contribution in [0.4, 0.5) is 5.82 Å². The van der Waals surface area contributed by atoms with Gasteiger partial charge in [-0.2, -0.15) is 0 Å². The fraction of sp³-hybridized carbons (Fsp3) is 0.222. The van der Waals surface area contributed by atoms with Crippen molar-refractivity contribution in [2.45, 2.75) is 26.9 Å². The van der Waals surface area contributed by atoms with Crippen molar-refractivity contribution in [2.24, 2.45) is 0 Å². The molecule has 0 spiro atoms. The number of aromatic nitrogens is 4. The fourth-order valence-corrected chi connectivity index (χ4v) is 2.22. The van der Waals surface area contributed by atoms with E-state index in [1.807, 2.05) is 32.0 Å². The number of carbonyl (C=O) groups excluding carboxylic acids is 1. The fourth-order valence-electron chi connectivity index (χ4n) is 2.22. The first kappa shape index (κ1) is 16.6. The van der Waals surface area contributed by atoms with Gasteiger partial charge in [-0.25, -0.2) is 15.0 Å². The number of carbonyl (C=O) groups is 1. The van der Waals surface area contributed by atoms with Crippen LogP contribution in [0.1, 0.15) is 18.1 Å². The first-order valence-electron chi connectivity index (χ1n) is 7.88. The van der Waals surface area contributed by atoms with Crippen LogP contribution in [0.25, 0.3) is 5.82 Å². The lowest BCUT2D eigenvalue weighted by atomic mass is 10.1. The number of nitrogens with one attached hydrogen (secondary N) is 1. The maximum atomic E-state index is 12.4. The maximum absolute atomic E-state index is 12.4. The van der Waals surface area contributed by atoms with Gasteiger partial charge in [-0.3, -0.25) is 9.36 Å². The zero-order valence-electron chi connectivity index (χ0n) is 14.3. The van der Waals surface area contributed by atoms with Crippen molar-refractivity contribution in [2.75, 3.05) is 5.32 Å². The Hall–Kier alpha value is -3.22. The smallest absolute Gasteiger partial charge is 0.266 e. The summed E-state index contributed by atoms with van der Waals surface area (Å²) in [6, 6.07) is 7.41. The van der Waals surface area contributed by atoms with Gasteiger partial charge in [0.2, 0.25) is 0 Å². The van der Waals surface area contributed by atoms with E-state index in [4.69, 9.17) is 4.74 Å². The average Bonchev–Trinajstić information content (AvgIpc) is 3.13. The third-order valence-corrected chi connectivity index (χ3v) is 3.83. The summed E-state index contributed by atoms with van der Waals surface area (Å²) in [5, 5.41) is 2.74. The number of amides is 1. The Morgan fingerprint density at radius 1 is 1.20 bits per heavy atom. The molecule has 0 fully saturated rings. The maximum Gasteiger partial charge on any atom is 0.266 e. The molecule has 3 rings (SSSR count). The predicted molar refractivity (Wildman–Crippen MR) is 93.8 cm³/mol. The Morgan fingerprint density at radius 3 is 2.76 bits per heavy atom. The molecule has 1 unspecified atom stereocenters. The third kappa shape index (κ3) is 4.00. The van der Waals surface area contributed by atoms with Crippen LogP contribution in [0, 0.1) is 13.8 Å². The van der Waals surface area contributed by atoms with E-state index in [0.717, 1.165) is 5.56 Å². The summed E-state index contributed by atoms with van der Waals surface area (Å²) < 4.78 is 7.44. The molecule has 1 amide bonds. The van der Waals surface area contributed by atoms with Gasteiger partial charge in [-0.05, 0) is 44.0 Å². The molecule has 0 aliphatic rings. The van der Waals surface area contributed by atoms with E-state index in [9.17, 15) is 4.79 Å². The Balaban J connectivity index is 1.67. The molecular formula is C18H19N5O2. The molecule has 1 aromatic carbocycles. The van der Waals surface area contributed by atoms with E-state index < -0.39 is 6.10 Å². The van der Waals surface area contributed by atoms with Crippen molar-refractivity contribution in [3.8, 4) is 11.6 Å². The molecule has 0 bridgehead atoms. The van der Waals surface area contributed by atoms with E-state index in [0.29, 0.717) is 17.4 Å². The average molecular weight is 337 g/mol. The van der Waals surface area contributed by atoms with Crippen molar-refractivity contribution in [1.82, 2.24) is 19.5 Å². The number of aryl methyl sites for hydroxylation is 2. The number of nitrogens with zero attached hydrogens (tertiary/aromatic N) is 4. The van der Waals surface area contributed by atoms with Crippen LogP contribution < -0.4 is 10.1 Å². The highest BCUT2D eigenvalue weighted by molar-refractivity contribution is 5.93. The molecule has 2 aromatic heterocycles. The van der Waals surface area contributed by atoms with Crippen LogP contribution >= 0.6 is 0 Å². The zero-order chi connectivity index (χ0) is 17.8. The summed E-state index contributed by atoms with van der Waals surface area (Å²) in [7, 11) is 0. The quantitative estimate of drug-likeness (QED) is 0.774. The van der Waals surface area contributed by atoms with Gasteiger partial charge in [0.15, 0.2) is 6.10 Å². The SMILES string of the molecule is Cc1ccc(OC(C)C(=O)Nc2cc(-n3ccnc3)ncn2)cc1C. The Bertz CT molecular complexity index is 877. The van der Waals surface area contributed by atoms with Gasteiger partial charge in [-0.1, -0.05) is 6.07 Å². The van der Waals surface area contributed by atoms with Gasteiger partial charge in [0.05, 0.1) is 0 Å². The molecule has 0 saturated heterocycles. The first-order chi connectivity index (χ1) is 12.0. The number of ether oxygens (including phenoxy) is 1. The highest BCUT2D eigenvalue weighted by Crippen LogP contribution is 2.18. The normalized spacial score (nSPS) is 11.8. The summed E-state index contributed by atoms with van der Waals surface area (Å²) in [6.07, 6.45) is 5.77. The van der Waals surface area contributed by atoms with Gasteiger partial charge in [-0.15, -0.1) is 0 Å². The molecule has 0 aliphatic heterocycles. The predicted octanol–water partition coefficient (Wildman–Crippen LogP) is 2.69. The molecule has 0 saturated carbocycles. The second-order valence-electron chi connectivity index (χ2n) is 5.73. The van der Waals surface area contributed by atoms with Gasteiger partial charge < -0.3 is 10.1 Å². The highest BCUT2D eigenvalue weighted by Gasteiger charge is 2.16. The van der Waals surface area contributed by atoms with Gasteiger partial charge >= 0.3 is 0 Å². The summed E-state index contributed by atoms with van der Waals surface area (Å²) in [5.41, 5.74) is 2.29. The van der Waals surface area contributed by atoms with Gasteiger partial charge in [0.1, 0.15) is 30.0 Å². The Kier molecular flexibility index (Phi) is 4.74. The molecule has 7 nitrogen and oxygen atoms in total. The summed E-state index contributed by atoms with van der Waals surface area (Å²) in [4.78, 5) is 24.5. The van der Waals surface area contributed by atoms with Crippen LogP contribution in [0.3, 0.4) is 0 Å². The molecule has 1 N–H and O–H groups in total. The minimum Gasteiger partial charge on any atom is -0.481 e. The van der Waals surface area contributed by atoms with Crippen LogP contribution in [0.15, 0.2) is 49.3 Å². The second kappa shape index (κ2) is 7.12. The van der Waals surface area contributed by atoms with E-state index in [-0.39, 0.29) is 5.91 Å². The van der Waals surface area contributed by atoms with Crippen molar-refractivity contribution in [3.63, 3.8) is 0 Å². The number of benzene rings is 1. The largest absolute Gasteiger partial charge is 0.481 e. The zero-order valence-corrected chi connectivity index (χ0v) is 14.3. The molecular weight excluding hydrogens is 318 g/mol. The standard InChI is InChI=1S/C18H19N5O2/c1-12-4-5-15(8-13(12)2)25-14(3)18(24)22-16-9-17(21-10-20-16)23-7-6-19-11-23/h4-11,14H,1-3H3,(H,20,21,22,24). The molecule has 1 atom stereocenters. The minimum atomic E-state index is -0.659. The lowest BCUT2D eigenvalue weighted by Gasteiger charge is -2.15. The van der Waals surface area contributed by atoms with Crippen LogP contribution in [-0.2, 0) is 4.79 Å². The third-order valence-electron chi connectivity index (χ3n) is 3.83. The van der Waals surface area contributed by atoms with Crippen LogP contribution in [-0.4, -0.2) is 31.5 Å². The number of imidazole rings is 1.